The summed E-state index contributed by atoms with van der Waals surface area (Å²) < 4.78 is 25.3. The van der Waals surface area contributed by atoms with Crippen molar-refractivity contribution in [1.29, 1.82) is 0 Å². The van der Waals surface area contributed by atoms with Crippen molar-refractivity contribution in [2.24, 2.45) is 5.73 Å². The fourth-order valence-corrected chi connectivity index (χ4v) is 3.98. The van der Waals surface area contributed by atoms with E-state index in [1.807, 2.05) is 0 Å². The molecule has 19 heavy (non-hydrogen) atoms. The molecule has 0 saturated carbocycles. The van der Waals surface area contributed by atoms with Gasteiger partial charge in [-0.15, -0.1) is 0 Å². The van der Waals surface area contributed by atoms with Crippen molar-refractivity contribution in [1.82, 2.24) is 4.90 Å². The molecule has 0 amide bonds. The van der Waals surface area contributed by atoms with Crippen LogP contribution in [0, 0.1) is 0 Å². The summed E-state index contributed by atoms with van der Waals surface area (Å²) >= 11 is 3.31. The summed E-state index contributed by atoms with van der Waals surface area (Å²) in [7, 11) is -3.20. The van der Waals surface area contributed by atoms with Gasteiger partial charge in [0.05, 0.1) is 10.6 Å². The highest BCUT2D eigenvalue weighted by atomic mass is 79.9. The standard InChI is InChI=1S/C13H19BrN2O2S/c14-11-3-5-13(6-4-11)19(17,18)9-8-16-7-1-2-12(16)10-15/h3-6,12H,1-2,7-10,15H2. The van der Waals surface area contributed by atoms with E-state index in [-0.39, 0.29) is 5.75 Å². The van der Waals surface area contributed by atoms with Crippen LogP contribution in [0.4, 0.5) is 0 Å². The van der Waals surface area contributed by atoms with Gasteiger partial charge < -0.3 is 5.73 Å². The molecule has 1 unspecified atom stereocenters. The molecule has 0 radical (unpaired) electrons. The SMILES string of the molecule is NCC1CCCN1CCS(=O)(=O)c1ccc(Br)cc1. The fraction of sp³-hybridized carbons (Fsp3) is 0.538. The van der Waals surface area contributed by atoms with Gasteiger partial charge in [0, 0.05) is 23.6 Å². The average molecular weight is 347 g/mol. The van der Waals surface area contributed by atoms with E-state index in [0.717, 1.165) is 23.9 Å². The Morgan fingerprint density at radius 1 is 1.32 bits per heavy atom. The molecular weight excluding hydrogens is 328 g/mol. The maximum absolute atomic E-state index is 12.2. The molecule has 1 aliphatic rings. The Kier molecular flexibility index (Phi) is 5.00. The number of benzene rings is 1. The molecule has 106 valence electrons. The summed E-state index contributed by atoms with van der Waals surface area (Å²) in [5, 5.41) is 0. The third-order valence-electron chi connectivity index (χ3n) is 3.59. The second-order valence-electron chi connectivity index (χ2n) is 4.84. The minimum atomic E-state index is -3.20. The number of hydrogen-bond acceptors (Lipinski definition) is 4. The first kappa shape index (κ1) is 15.0. The highest BCUT2D eigenvalue weighted by Crippen LogP contribution is 2.19. The molecular formula is C13H19BrN2O2S. The Balaban J connectivity index is 2.00. The fourth-order valence-electron chi connectivity index (χ4n) is 2.45. The summed E-state index contributed by atoms with van der Waals surface area (Å²) in [6.07, 6.45) is 2.19. The third kappa shape index (κ3) is 3.78. The summed E-state index contributed by atoms with van der Waals surface area (Å²) in [4.78, 5) is 2.58. The van der Waals surface area contributed by atoms with Gasteiger partial charge in [-0.2, -0.15) is 0 Å². The van der Waals surface area contributed by atoms with Crippen LogP contribution in [0.25, 0.3) is 0 Å². The van der Waals surface area contributed by atoms with Crippen molar-refractivity contribution >= 4 is 25.8 Å². The number of nitrogens with two attached hydrogens (primary N) is 1. The number of sulfone groups is 1. The van der Waals surface area contributed by atoms with E-state index in [2.05, 4.69) is 20.8 Å². The summed E-state index contributed by atoms with van der Waals surface area (Å²) in [5.41, 5.74) is 5.69. The Morgan fingerprint density at radius 2 is 2.00 bits per heavy atom. The predicted octanol–water partition coefficient (Wildman–Crippen LogP) is 1.65. The Morgan fingerprint density at radius 3 is 2.63 bits per heavy atom. The zero-order chi connectivity index (χ0) is 13.9. The molecule has 0 aromatic heterocycles. The van der Waals surface area contributed by atoms with Crippen LogP contribution in [0.2, 0.25) is 0 Å². The smallest absolute Gasteiger partial charge is 0.179 e. The Hall–Kier alpha value is -0.430. The van der Waals surface area contributed by atoms with Gasteiger partial charge in [-0.1, -0.05) is 15.9 Å². The van der Waals surface area contributed by atoms with Gasteiger partial charge in [-0.25, -0.2) is 8.42 Å². The van der Waals surface area contributed by atoms with Gasteiger partial charge >= 0.3 is 0 Å². The first-order valence-corrected chi connectivity index (χ1v) is 8.90. The van der Waals surface area contributed by atoms with Crippen molar-refractivity contribution in [2.45, 2.75) is 23.8 Å². The first-order valence-electron chi connectivity index (χ1n) is 6.45. The highest BCUT2D eigenvalue weighted by Gasteiger charge is 2.25. The van der Waals surface area contributed by atoms with Gasteiger partial charge in [-0.3, -0.25) is 4.90 Å². The van der Waals surface area contributed by atoms with Crippen LogP contribution < -0.4 is 5.73 Å². The molecule has 1 aromatic carbocycles. The molecule has 1 aliphatic heterocycles. The molecule has 1 fully saturated rings. The van der Waals surface area contributed by atoms with Crippen LogP contribution in [0.15, 0.2) is 33.6 Å². The van der Waals surface area contributed by atoms with Gasteiger partial charge in [-0.05, 0) is 43.7 Å². The lowest BCUT2D eigenvalue weighted by molar-refractivity contribution is 0.273. The van der Waals surface area contributed by atoms with E-state index in [4.69, 9.17) is 5.73 Å². The number of rotatable bonds is 5. The Labute approximate surface area is 123 Å². The summed E-state index contributed by atoms with van der Waals surface area (Å²) in [6, 6.07) is 7.14. The van der Waals surface area contributed by atoms with E-state index < -0.39 is 9.84 Å². The van der Waals surface area contributed by atoms with Crippen molar-refractivity contribution in [3.05, 3.63) is 28.7 Å². The van der Waals surface area contributed by atoms with Gasteiger partial charge in [0.1, 0.15) is 0 Å². The molecule has 2 N–H and O–H groups in total. The maximum Gasteiger partial charge on any atom is 0.179 e. The molecule has 0 aliphatic carbocycles. The normalized spacial score (nSPS) is 20.8. The van der Waals surface area contributed by atoms with E-state index >= 15 is 0 Å². The van der Waals surface area contributed by atoms with Crippen LogP contribution in [-0.2, 0) is 9.84 Å². The highest BCUT2D eigenvalue weighted by molar-refractivity contribution is 9.10. The topological polar surface area (TPSA) is 63.4 Å². The lowest BCUT2D eigenvalue weighted by Gasteiger charge is -2.22. The van der Waals surface area contributed by atoms with Gasteiger partial charge in [0.15, 0.2) is 9.84 Å². The van der Waals surface area contributed by atoms with Crippen molar-refractivity contribution in [2.75, 3.05) is 25.4 Å². The molecule has 1 atom stereocenters. The Bertz CT molecular complexity index is 516. The molecule has 4 nitrogen and oxygen atoms in total. The van der Waals surface area contributed by atoms with Crippen molar-refractivity contribution in [3.8, 4) is 0 Å². The molecule has 0 bridgehead atoms. The summed E-state index contributed by atoms with van der Waals surface area (Å²) in [6.45, 7) is 2.14. The van der Waals surface area contributed by atoms with Crippen molar-refractivity contribution in [3.63, 3.8) is 0 Å². The minimum Gasteiger partial charge on any atom is -0.329 e. The lowest BCUT2D eigenvalue weighted by atomic mass is 10.2. The largest absolute Gasteiger partial charge is 0.329 e. The first-order chi connectivity index (χ1) is 9.03. The van der Waals surface area contributed by atoms with Gasteiger partial charge in [0.2, 0.25) is 0 Å². The predicted molar refractivity (Wildman–Crippen MR) is 79.8 cm³/mol. The van der Waals surface area contributed by atoms with E-state index in [1.165, 1.54) is 0 Å². The molecule has 1 heterocycles. The number of nitrogens with zero attached hydrogens (tertiary/aromatic N) is 1. The van der Waals surface area contributed by atoms with Crippen LogP contribution in [-0.4, -0.2) is 44.7 Å². The molecule has 6 heteroatoms. The van der Waals surface area contributed by atoms with Crippen LogP contribution in [0.1, 0.15) is 12.8 Å². The van der Waals surface area contributed by atoms with Crippen LogP contribution in [0.3, 0.4) is 0 Å². The lowest BCUT2D eigenvalue weighted by Crippen LogP contribution is -2.38. The van der Waals surface area contributed by atoms with E-state index in [1.54, 1.807) is 24.3 Å². The number of likely N-dealkylation sites (tertiary alicyclic amines) is 1. The molecule has 1 aromatic rings. The minimum absolute atomic E-state index is 0.158. The zero-order valence-electron chi connectivity index (χ0n) is 10.8. The monoisotopic (exact) mass is 346 g/mol. The second-order valence-corrected chi connectivity index (χ2v) is 7.87. The number of hydrogen-bond donors (Lipinski definition) is 1. The average Bonchev–Trinajstić information content (AvgIpc) is 2.84. The second kappa shape index (κ2) is 6.35. The van der Waals surface area contributed by atoms with Crippen LogP contribution in [0.5, 0.6) is 0 Å². The third-order valence-corrected chi connectivity index (χ3v) is 5.83. The number of halogens is 1. The van der Waals surface area contributed by atoms with Gasteiger partial charge in [0.25, 0.3) is 0 Å². The molecule has 2 rings (SSSR count). The molecule has 1 saturated heterocycles. The van der Waals surface area contributed by atoms with Crippen LogP contribution >= 0.6 is 15.9 Å². The van der Waals surface area contributed by atoms with E-state index in [9.17, 15) is 8.42 Å². The quantitative estimate of drug-likeness (QED) is 0.880. The maximum atomic E-state index is 12.2. The molecule has 0 spiro atoms. The van der Waals surface area contributed by atoms with E-state index in [0.29, 0.717) is 24.0 Å². The summed E-state index contributed by atoms with van der Waals surface area (Å²) in [5.74, 6) is 0.158. The van der Waals surface area contributed by atoms with Crippen molar-refractivity contribution < 1.29 is 8.42 Å². The zero-order valence-corrected chi connectivity index (χ0v) is 13.2.